The summed E-state index contributed by atoms with van der Waals surface area (Å²) in [5, 5.41) is 10.5. The Morgan fingerprint density at radius 2 is 2.04 bits per heavy atom. The number of hydrogen-bond donors (Lipinski definition) is 2. The van der Waals surface area contributed by atoms with Crippen molar-refractivity contribution < 1.29 is 13.2 Å². The minimum atomic E-state index is -2.84. The van der Waals surface area contributed by atoms with Crippen molar-refractivity contribution in [3.63, 3.8) is 0 Å². The molecule has 3 heterocycles. The summed E-state index contributed by atoms with van der Waals surface area (Å²) >= 11 is 0. The lowest BCUT2D eigenvalue weighted by molar-refractivity contribution is -0.126. The van der Waals surface area contributed by atoms with Crippen LogP contribution in [0.25, 0.3) is 0 Å². The molecule has 1 aromatic heterocycles. The number of piperidine rings is 1. The molecule has 2 aliphatic heterocycles. The van der Waals surface area contributed by atoms with Gasteiger partial charge in [-0.3, -0.25) is 14.8 Å². The molecular formula is C17H26N4O3S. The van der Waals surface area contributed by atoms with E-state index in [1.165, 1.54) is 17.7 Å². The van der Waals surface area contributed by atoms with E-state index in [0.717, 1.165) is 50.9 Å². The maximum atomic E-state index is 12.5. The minimum absolute atomic E-state index is 0.0289. The Bertz CT molecular complexity index is 750. The number of fused-ring (bicyclic) bond motifs is 1. The monoisotopic (exact) mass is 366 g/mol. The van der Waals surface area contributed by atoms with E-state index in [0.29, 0.717) is 12.3 Å². The molecule has 0 aromatic carbocycles. The summed E-state index contributed by atoms with van der Waals surface area (Å²) in [6.45, 7) is 2.14. The van der Waals surface area contributed by atoms with E-state index in [2.05, 4.69) is 20.4 Å². The lowest BCUT2D eigenvalue weighted by Crippen LogP contribution is -2.45. The first-order valence-electron chi connectivity index (χ1n) is 9.29. The normalized spacial score (nSPS) is 26.6. The largest absolute Gasteiger partial charge is 0.350 e. The highest BCUT2D eigenvalue weighted by Crippen LogP contribution is 2.25. The van der Waals surface area contributed by atoms with Crippen LogP contribution < -0.4 is 5.32 Å². The number of rotatable bonds is 4. The van der Waals surface area contributed by atoms with Crippen LogP contribution in [0.4, 0.5) is 0 Å². The van der Waals surface area contributed by atoms with Crippen molar-refractivity contribution in [1.29, 1.82) is 0 Å². The number of aromatic nitrogens is 2. The third-order valence-corrected chi connectivity index (χ3v) is 7.70. The highest BCUT2D eigenvalue weighted by Gasteiger charge is 2.35. The molecule has 2 saturated heterocycles. The standard InChI is InChI=1S/C17H26N4O3S/c22-17(18-10-16-14-2-1-3-15(14)19-20-16)12-4-7-21(8-5-12)13-6-9-25(23,24)11-13/h12-13H,1-11H2,(H,18,22)(H,19,20). The molecule has 25 heavy (non-hydrogen) atoms. The first-order valence-corrected chi connectivity index (χ1v) is 11.1. The molecule has 1 amide bonds. The van der Waals surface area contributed by atoms with Crippen LogP contribution >= 0.6 is 0 Å². The van der Waals surface area contributed by atoms with Crippen LogP contribution in [0.5, 0.6) is 0 Å². The molecule has 1 atom stereocenters. The molecule has 1 aromatic rings. The molecule has 0 radical (unpaired) electrons. The van der Waals surface area contributed by atoms with Crippen LogP contribution in [0.15, 0.2) is 0 Å². The van der Waals surface area contributed by atoms with Crippen LogP contribution in [0.2, 0.25) is 0 Å². The molecule has 1 unspecified atom stereocenters. The van der Waals surface area contributed by atoms with E-state index in [1.807, 2.05) is 0 Å². The van der Waals surface area contributed by atoms with Gasteiger partial charge in [-0.15, -0.1) is 0 Å². The van der Waals surface area contributed by atoms with Crippen LogP contribution in [-0.2, 0) is 34.0 Å². The predicted octanol–water partition coefficient (Wildman–Crippen LogP) is 0.414. The van der Waals surface area contributed by atoms with Gasteiger partial charge in [0.1, 0.15) is 0 Å². The van der Waals surface area contributed by atoms with Crippen molar-refractivity contribution in [3.8, 4) is 0 Å². The molecule has 2 N–H and O–H groups in total. The van der Waals surface area contributed by atoms with Crippen LogP contribution in [-0.4, -0.2) is 60.1 Å². The van der Waals surface area contributed by atoms with Crippen LogP contribution in [0.1, 0.15) is 42.6 Å². The van der Waals surface area contributed by atoms with E-state index >= 15 is 0 Å². The number of aryl methyl sites for hydroxylation is 1. The van der Waals surface area contributed by atoms with Gasteiger partial charge in [-0.2, -0.15) is 5.10 Å². The van der Waals surface area contributed by atoms with Crippen molar-refractivity contribution in [2.24, 2.45) is 5.92 Å². The Morgan fingerprint density at radius 1 is 1.24 bits per heavy atom. The number of sulfone groups is 1. The number of nitrogens with zero attached hydrogens (tertiary/aromatic N) is 2. The summed E-state index contributed by atoms with van der Waals surface area (Å²) in [7, 11) is -2.84. The van der Waals surface area contributed by atoms with E-state index in [9.17, 15) is 13.2 Å². The zero-order valence-electron chi connectivity index (χ0n) is 14.5. The fourth-order valence-corrected chi connectivity index (χ4v) is 6.20. The zero-order chi connectivity index (χ0) is 17.4. The highest BCUT2D eigenvalue weighted by molar-refractivity contribution is 7.91. The number of H-pyrrole nitrogens is 1. The molecule has 138 valence electrons. The van der Waals surface area contributed by atoms with Gasteiger partial charge in [-0.25, -0.2) is 8.42 Å². The first-order chi connectivity index (χ1) is 12.0. The van der Waals surface area contributed by atoms with Crippen molar-refractivity contribution in [2.45, 2.75) is 51.1 Å². The average Bonchev–Trinajstić information content (AvgIpc) is 3.29. The maximum Gasteiger partial charge on any atom is 0.223 e. The van der Waals surface area contributed by atoms with Crippen molar-refractivity contribution in [1.82, 2.24) is 20.4 Å². The molecule has 1 aliphatic carbocycles. The van der Waals surface area contributed by atoms with E-state index in [-0.39, 0.29) is 23.6 Å². The quantitative estimate of drug-likeness (QED) is 0.805. The third kappa shape index (κ3) is 3.60. The molecule has 0 saturated carbocycles. The van der Waals surface area contributed by atoms with Gasteiger partial charge < -0.3 is 5.32 Å². The van der Waals surface area contributed by atoms with E-state index in [1.54, 1.807) is 0 Å². The van der Waals surface area contributed by atoms with Gasteiger partial charge in [0.2, 0.25) is 5.91 Å². The summed E-state index contributed by atoms with van der Waals surface area (Å²) in [5.41, 5.74) is 3.50. The topological polar surface area (TPSA) is 95.2 Å². The minimum Gasteiger partial charge on any atom is -0.350 e. The lowest BCUT2D eigenvalue weighted by atomic mass is 9.94. The lowest BCUT2D eigenvalue weighted by Gasteiger charge is -2.34. The maximum absolute atomic E-state index is 12.5. The summed E-state index contributed by atoms with van der Waals surface area (Å²) in [4.78, 5) is 14.7. The molecule has 4 rings (SSSR count). The van der Waals surface area contributed by atoms with Crippen molar-refractivity contribution in [2.75, 3.05) is 24.6 Å². The Labute approximate surface area is 148 Å². The second kappa shape index (κ2) is 6.72. The molecule has 8 heteroatoms. The van der Waals surface area contributed by atoms with Crippen LogP contribution in [0, 0.1) is 5.92 Å². The van der Waals surface area contributed by atoms with Gasteiger partial charge in [-0.05, 0) is 57.2 Å². The fraction of sp³-hybridized carbons (Fsp3) is 0.765. The summed E-state index contributed by atoms with van der Waals surface area (Å²) in [6, 6.07) is 0.153. The van der Waals surface area contributed by atoms with E-state index < -0.39 is 9.84 Å². The van der Waals surface area contributed by atoms with Gasteiger partial charge in [0.05, 0.1) is 23.7 Å². The Kier molecular flexibility index (Phi) is 4.58. The predicted molar refractivity (Wildman–Crippen MR) is 93.8 cm³/mol. The van der Waals surface area contributed by atoms with Gasteiger partial charge in [-0.1, -0.05) is 0 Å². The van der Waals surface area contributed by atoms with Gasteiger partial charge in [0.15, 0.2) is 9.84 Å². The Balaban J connectivity index is 1.25. The van der Waals surface area contributed by atoms with Gasteiger partial charge in [0, 0.05) is 17.7 Å². The molecule has 0 bridgehead atoms. The number of aromatic amines is 1. The Hall–Kier alpha value is -1.41. The molecular weight excluding hydrogens is 340 g/mol. The van der Waals surface area contributed by atoms with Crippen LogP contribution in [0.3, 0.4) is 0 Å². The summed E-state index contributed by atoms with van der Waals surface area (Å²) in [6.07, 6.45) is 5.64. The molecule has 0 spiro atoms. The Morgan fingerprint density at radius 3 is 2.76 bits per heavy atom. The number of carbonyl (C=O) groups excluding carboxylic acids is 1. The number of amides is 1. The molecule has 2 fully saturated rings. The molecule has 7 nitrogen and oxygen atoms in total. The number of hydrogen-bond acceptors (Lipinski definition) is 5. The summed E-state index contributed by atoms with van der Waals surface area (Å²) < 4.78 is 23.3. The average molecular weight is 366 g/mol. The fourth-order valence-electron chi connectivity index (χ4n) is 4.44. The number of nitrogens with one attached hydrogen (secondary N) is 2. The second-order valence-corrected chi connectivity index (χ2v) is 9.79. The SMILES string of the molecule is O=C(NCc1n[nH]c2c1CCC2)C1CCN(C2CCS(=O)(=O)C2)CC1. The van der Waals surface area contributed by atoms with E-state index in [4.69, 9.17) is 0 Å². The second-order valence-electron chi connectivity index (χ2n) is 7.57. The van der Waals surface area contributed by atoms with Gasteiger partial charge >= 0.3 is 0 Å². The highest BCUT2D eigenvalue weighted by atomic mass is 32.2. The number of carbonyl (C=O) groups is 1. The van der Waals surface area contributed by atoms with Crippen molar-refractivity contribution in [3.05, 3.63) is 17.0 Å². The third-order valence-electron chi connectivity index (χ3n) is 5.95. The van der Waals surface area contributed by atoms with Crippen molar-refractivity contribution >= 4 is 15.7 Å². The first kappa shape index (κ1) is 17.0. The number of likely N-dealkylation sites (tertiary alicyclic amines) is 1. The summed E-state index contributed by atoms with van der Waals surface area (Å²) in [5.74, 6) is 0.731. The zero-order valence-corrected chi connectivity index (χ0v) is 15.3. The smallest absolute Gasteiger partial charge is 0.223 e. The van der Waals surface area contributed by atoms with Gasteiger partial charge in [0.25, 0.3) is 0 Å². The molecule has 3 aliphatic rings.